The van der Waals surface area contributed by atoms with E-state index in [4.69, 9.17) is 9.84 Å². The van der Waals surface area contributed by atoms with Crippen molar-refractivity contribution in [3.63, 3.8) is 0 Å². The molecule has 1 aliphatic heterocycles. The number of amides is 1. The number of carboxylic acids is 1. The van der Waals surface area contributed by atoms with Gasteiger partial charge in [-0.3, -0.25) is 9.59 Å². The monoisotopic (exact) mass is 263 g/mol. The largest absolute Gasteiger partial charge is 0.493 e. The van der Waals surface area contributed by atoms with Crippen LogP contribution in [0.2, 0.25) is 0 Å². The summed E-state index contributed by atoms with van der Waals surface area (Å²) in [7, 11) is 1.59. The van der Waals surface area contributed by atoms with E-state index in [1.807, 2.05) is 12.1 Å². The number of carbonyl (C=O) groups is 2. The number of nitrogens with zero attached hydrogens (tertiary/aromatic N) is 1. The van der Waals surface area contributed by atoms with Gasteiger partial charge in [0.25, 0.3) is 0 Å². The second-order valence-corrected chi connectivity index (χ2v) is 5.18. The van der Waals surface area contributed by atoms with Crippen LogP contribution < -0.4 is 9.64 Å². The number of hydrogen-bond acceptors (Lipinski definition) is 3. The Morgan fingerprint density at radius 2 is 2.05 bits per heavy atom. The zero-order chi connectivity index (χ0) is 14.2. The number of ether oxygens (including phenoxy) is 1. The molecule has 0 fully saturated rings. The molecule has 1 N–H and O–H groups in total. The quantitative estimate of drug-likeness (QED) is 0.843. The molecule has 1 amide bonds. The number of anilines is 1. The van der Waals surface area contributed by atoms with Gasteiger partial charge in [-0.2, -0.15) is 0 Å². The molecule has 0 saturated heterocycles. The summed E-state index contributed by atoms with van der Waals surface area (Å²) >= 11 is 0. The summed E-state index contributed by atoms with van der Waals surface area (Å²) < 4.78 is 5.40. The lowest BCUT2D eigenvalue weighted by Gasteiger charge is -2.26. The van der Waals surface area contributed by atoms with E-state index in [1.54, 1.807) is 13.1 Å². The smallest absolute Gasteiger partial charge is 0.318 e. The Labute approximate surface area is 111 Å². The lowest BCUT2D eigenvalue weighted by molar-refractivity contribution is -0.152. The number of carboxylic acid groups (broad SMARTS) is 1. The minimum absolute atomic E-state index is 0.445. The molecule has 0 saturated carbocycles. The predicted molar refractivity (Wildman–Crippen MR) is 70.5 cm³/mol. The fourth-order valence-electron chi connectivity index (χ4n) is 2.01. The van der Waals surface area contributed by atoms with Crippen LogP contribution in [0.3, 0.4) is 0 Å². The third kappa shape index (κ3) is 2.28. The first-order valence-corrected chi connectivity index (χ1v) is 6.11. The van der Waals surface area contributed by atoms with Crippen LogP contribution in [-0.2, 0) is 16.0 Å². The summed E-state index contributed by atoms with van der Waals surface area (Å²) in [6, 6.07) is 5.45. The highest BCUT2D eigenvalue weighted by Gasteiger charge is 2.38. The van der Waals surface area contributed by atoms with Crippen LogP contribution in [0.5, 0.6) is 5.75 Å². The van der Waals surface area contributed by atoms with Gasteiger partial charge < -0.3 is 14.7 Å². The molecule has 19 heavy (non-hydrogen) atoms. The molecule has 102 valence electrons. The predicted octanol–water partition coefficient (Wildman–Crippen LogP) is 1.70. The molecule has 1 heterocycles. The van der Waals surface area contributed by atoms with Gasteiger partial charge in [-0.15, -0.1) is 0 Å². The first-order valence-electron chi connectivity index (χ1n) is 6.11. The highest BCUT2D eigenvalue weighted by atomic mass is 16.5. The molecule has 5 nitrogen and oxygen atoms in total. The molecule has 0 bridgehead atoms. The molecule has 5 heteroatoms. The van der Waals surface area contributed by atoms with E-state index < -0.39 is 17.3 Å². The second-order valence-electron chi connectivity index (χ2n) is 5.18. The lowest BCUT2D eigenvalue weighted by Crippen LogP contribution is -2.43. The first kappa shape index (κ1) is 13.4. The van der Waals surface area contributed by atoms with Crippen LogP contribution in [0.25, 0.3) is 0 Å². The van der Waals surface area contributed by atoms with Crippen molar-refractivity contribution < 1.29 is 19.4 Å². The van der Waals surface area contributed by atoms with Gasteiger partial charge >= 0.3 is 5.97 Å². The Balaban J connectivity index is 2.27. The van der Waals surface area contributed by atoms with Gasteiger partial charge in [0.2, 0.25) is 5.91 Å². The summed E-state index contributed by atoms with van der Waals surface area (Å²) in [5.74, 6) is -0.741. The van der Waals surface area contributed by atoms with Crippen molar-refractivity contribution in [2.45, 2.75) is 20.3 Å². The van der Waals surface area contributed by atoms with Gasteiger partial charge in [-0.05, 0) is 37.6 Å². The molecule has 0 atom stereocenters. The van der Waals surface area contributed by atoms with E-state index in [0.29, 0.717) is 12.3 Å². The van der Waals surface area contributed by atoms with Gasteiger partial charge in [0, 0.05) is 19.2 Å². The minimum atomic E-state index is -1.44. The van der Waals surface area contributed by atoms with Crippen LogP contribution in [0.15, 0.2) is 18.2 Å². The van der Waals surface area contributed by atoms with Crippen LogP contribution in [0.4, 0.5) is 5.69 Å². The average molecular weight is 263 g/mol. The van der Waals surface area contributed by atoms with Crippen molar-refractivity contribution in [3.05, 3.63) is 23.8 Å². The van der Waals surface area contributed by atoms with E-state index >= 15 is 0 Å². The van der Waals surface area contributed by atoms with Crippen molar-refractivity contribution in [3.8, 4) is 5.75 Å². The molecule has 0 aliphatic carbocycles. The Bertz CT molecular complexity index is 536. The van der Waals surface area contributed by atoms with Crippen molar-refractivity contribution in [2.24, 2.45) is 5.41 Å². The maximum atomic E-state index is 12.2. The van der Waals surface area contributed by atoms with Crippen LogP contribution in [0, 0.1) is 5.41 Å². The standard InChI is InChI=1S/C14H17NO4/c1-14(2,13(17)18)12(16)15(3)10-4-5-11-9(8-10)6-7-19-11/h4-5,8H,6-7H2,1-3H3,(H,17,18). The maximum Gasteiger partial charge on any atom is 0.318 e. The molecular weight excluding hydrogens is 246 g/mol. The third-order valence-corrected chi connectivity index (χ3v) is 3.43. The topological polar surface area (TPSA) is 66.8 Å². The molecule has 0 unspecified atom stereocenters. The Morgan fingerprint density at radius 3 is 2.68 bits per heavy atom. The summed E-state index contributed by atoms with van der Waals surface area (Å²) in [5, 5.41) is 9.09. The number of benzene rings is 1. The number of rotatable bonds is 3. The van der Waals surface area contributed by atoms with Gasteiger partial charge in [0.15, 0.2) is 0 Å². The van der Waals surface area contributed by atoms with E-state index in [2.05, 4.69) is 0 Å². The average Bonchev–Trinajstić information content (AvgIpc) is 2.83. The molecule has 0 spiro atoms. The van der Waals surface area contributed by atoms with E-state index in [1.165, 1.54) is 18.7 Å². The third-order valence-electron chi connectivity index (χ3n) is 3.43. The zero-order valence-electron chi connectivity index (χ0n) is 11.3. The van der Waals surface area contributed by atoms with Crippen molar-refractivity contribution in [2.75, 3.05) is 18.6 Å². The van der Waals surface area contributed by atoms with Crippen LogP contribution in [-0.4, -0.2) is 30.6 Å². The number of carbonyl (C=O) groups excluding carboxylic acids is 1. The van der Waals surface area contributed by atoms with Gasteiger partial charge in [-0.25, -0.2) is 0 Å². The van der Waals surface area contributed by atoms with Gasteiger partial charge in [0.05, 0.1) is 6.61 Å². The van der Waals surface area contributed by atoms with E-state index in [-0.39, 0.29) is 0 Å². The highest BCUT2D eigenvalue weighted by molar-refractivity contribution is 6.08. The fraction of sp³-hybridized carbons (Fsp3) is 0.429. The molecule has 1 aliphatic rings. The van der Waals surface area contributed by atoms with Crippen LogP contribution >= 0.6 is 0 Å². The normalized spacial score (nSPS) is 13.6. The Kier molecular flexibility index (Phi) is 3.22. The number of aliphatic carboxylic acids is 1. The Hall–Kier alpha value is -2.04. The van der Waals surface area contributed by atoms with Crippen molar-refractivity contribution in [1.82, 2.24) is 0 Å². The molecule has 2 rings (SSSR count). The van der Waals surface area contributed by atoms with E-state index in [9.17, 15) is 9.59 Å². The van der Waals surface area contributed by atoms with Gasteiger partial charge in [0.1, 0.15) is 11.2 Å². The zero-order valence-corrected chi connectivity index (χ0v) is 11.3. The summed E-state index contributed by atoms with van der Waals surface area (Å²) in [5.41, 5.74) is 0.290. The lowest BCUT2D eigenvalue weighted by atomic mass is 9.91. The summed E-state index contributed by atoms with van der Waals surface area (Å²) in [6.45, 7) is 3.46. The SMILES string of the molecule is CN(C(=O)C(C)(C)C(=O)O)c1ccc2c(c1)CCO2. The van der Waals surface area contributed by atoms with Crippen molar-refractivity contribution >= 4 is 17.6 Å². The highest BCUT2D eigenvalue weighted by Crippen LogP contribution is 2.30. The number of hydrogen-bond donors (Lipinski definition) is 1. The maximum absolute atomic E-state index is 12.2. The number of fused-ring (bicyclic) bond motifs is 1. The molecule has 0 aromatic heterocycles. The fourth-order valence-corrected chi connectivity index (χ4v) is 2.01. The molecule has 1 aromatic carbocycles. The molecular formula is C14H17NO4. The van der Waals surface area contributed by atoms with E-state index in [0.717, 1.165) is 17.7 Å². The summed E-state index contributed by atoms with van der Waals surface area (Å²) in [6.07, 6.45) is 0.813. The van der Waals surface area contributed by atoms with Crippen molar-refractivity contribution in [1.29, 1.82) is 0 Å². The minimum Gasteiger partial charge on any atom is -0.493 e. The van der Waals surface area contributed by atoms with Gasteiger partial charge in [-0.1, -0.05) is 0 Å². The Morgan fingerprint density at radius 1 is 1.37 bits per heavy atom. The van der Waals surface area contributed by atoms with Crippen LogP contribution in [0.1, 0.15) is 19.4 Å². The summed E-state index contributed by atoms with van der Waals surface area (Å²) in [4.78, 5) is 24.7. The molecule has 1 aromatic rings. The second kappa shape index (κ2) is 4.57. The first-order chi connectivity index (χ1) is 8.84. The molecule has 0 radical (unpaired) electrons.